The number of carbonyl (C=O) groups is 2. The SMILES string of the molecule is CCOC(=O)c1c(-c2ccc(OC)cc2)csc1NC(=O)C=Cc1ccc(F)cc1. The number of anilines is 1. The molecule has 0 aliphatic heterocycles. The molecule has 0 saturated heterocycles. The van der Waals surface area contributed by atoms with Crippen LogP contribution in [-0.2, 0) is 9.53 Å². The van der Waals surface area contributed by atoms with Crippen molar-refractivity contribution in [3.63, 3.8) is 0 Å². The van der Waals surface area contributed by atoms with Gasteiger partial charge in [0.25, 0.3) is 0 Å². The number of halogens is 1. The van der Waals surface area contributed by atoms with Gasteiger partial charge >= 0.3 is 5.97 Å². The van der Waals surface area contributed by atoms with Gasteiger partial charge in [0.1, 0.15) is 22.1 Å². The van der Waals surface area contributed by atoms with E-state index in [1.807, 2.05) is 12.1 Å². The number of hydrogen-bond donors (Lipinski definition) is 1. The Kier molecular flexibility index (Phi) is 6.98. The molecular formula is C23H20FNO4S. The smallest absolute Gasteiger partial charge is 0.341 e. The average Bonchev–Trinajstić information content (AvgIpc) is 3.17. The zero-order valence-electron chi connectivity index (χ0n) is 16.5. The van der Waals surface area contributed by atoms with Crippen LogP contribution in [0, 0.1) is 5.82 Å². The van der Waals surface area contributed by atoms with E-state index in [4.69, 9.17) is 9.47 Å². The zero-order chi connectivity index (χ0) is 21.5. The Hall–Kier alpha value is -3.45. The van der Waals surface area contributed by atoms with E-state index < -0.39 is 11.9 Å². The number of esters is 1. The summed E-state index contributed by atoms with van der Waals surface area (Å²) in [6, 6.07) is 13.0. The second-order valence-electron chi connectivity index (χ2n) is 6.18. The van der Waals surface area contributed by atoms with Crippen molar-refractivity contribution in [1.29, 1.82) is 0 Å². The molecule has 0 aliphatic rings. The van der Waals surface area contributed by atoms with Gasteiger partial charge in [-0.1, -0.05) is 24.3 Å². The number of amides is 1. The first-order valence-electron chi connectivity index (χ1n) is 9.19. The third-order valence-corrected chi connectivity index (χ3v) is 5.10. The molecule has 1 N–H and O–H groups in total. The molecule has 1 heterocycles. The monoisotopic (exact) mass is 425 g/mol. The van der Waals surface area contributed by atoms with Gasteiger partial charge in [-0.3, -0.25) is 4.79 Å². The lowest BCUT2D eigenvalue weighted by Crippen LogP contribution is -2.12. The van der Waals surface area contributed by atoms with E-state index in [1.165, 1.54) is 29.5 Å². The highest BCUT2D eigenvalue weighted by Crippen LogP contribution is 2.36. The van der Waals surface area contributed by atoms with Gasteiger partial charge in [-0.25, -0.2) is 9.18 Å². The van der Waals surface area contributed by atoms with Gasteiger partial charge in [0.15, 0.2) is 0 Å². The lowest BCUT2D eigenvalue weighted by Gasteiger charge is -2.08. The summed E-state index contributed by atoms with van der Waals surface area (Å²) in [5, 5.41) is 4.93. The van der Waals surface area contributed by atoms with E-state index in [0.717, 1.165) is 5.56 Å². The summed E-state index contributed by atoms with van der Waals surface area (Å²) in [6.07, 6.45) is 2.89. The van der Waals surface area contributed by atoms with Crippen molar-refractivity contribution >= 4 is 34.3 Å². The van der Waals surface area contributed by atoms with E-state index in [9.17, 15) is 14.0 Å². The molecule has 1 aromatic heterocycles. The molecule has 0 spiro atoms. The average molecular weight is 425 g/mol. The van der Waals surface area contributed by atoms with Crippen molar-refractivity contribution in [2.24, 2.45) is 0 Å². The predicted octanol–water partition coefficient (Wildman–Crippen LogP) is 5.39. The molecule has 0 radical (unpaired) electrons. The quantitative estimate of drug-likeness (QED) is 0.407. The molecule has 3 rings (SSSR count). The lowest BCUT2D eigenvalue weighted by atomic mass is 10.0. The largest absolute Gasteiger partial charge is 0.497 e. The molecule has 3 aromatic rings. The van der Waals surface area contributed by atoms with Crippen molar-refractivity contribution in [1.82, 2.24) is 0 Å². The molecule has 5 nitrogen and oxygen atoms in total. The Morgan fingerprint density at radius 2 is 1.80 bits per heavy atom. The third kappa shape index (κ3) is 5.12. The molecule has 0 fully saturated rings. The van der Waals surface area contributed by atoms with Gasteiger partial charge in [0, 0.05) is 17.0 Å². The number of rotatable bonds is 7. The predicted molar refractivity (Wildman–Crippen MR) is 116 cm³/mol. The van der Waals surface area contributed by atoms with Gasteiger partial charge in [-0.05, 0) is 48.4 Å². The number of carbonyl (C=O) groups excluding carboxylic acids is 2. The van der Waals surface area contributed by atoms with Crippen LogP contribution in [0.5, 0.6) is 5.75 Å². The van der Waals surface area contributed by atoms with Crippen LogP contribution in [0.25, 0.3) is 17.2 Å². The number of thiophene rings is 1. The molecule has 1 amide bonds. The van der Waals surface area contributed by atoms with Crippen LogP contribution in [0.15, 0.2) is 60.0 Å². The summed E-state index contributed by atoms with van der Waals surface area (Å²) >= 11 is 1.24. The summed E-state index contributed by atoms with van der Waals surface area (Å²) in [5.74, 6) is -0.568. The first kappa shape index (κ1) is 21.3. The Morgan fingerprint density at radius 3 is 2.43 bits per heavy atom. The highest BCUT2D eigenvalue weighted by atomic mass is 32.1. The minimum Gasteiger partial charge on any atom is -0.497 e. The Bertz CT molecular complexity index is 1060. The summed E-state index contributed by atoms with van der Waals surface area (Å²) in [7, 11) is 1.58. The van der Waals surface area contributed by atoms with E-state index in [1.54, 1.807) is 49.8 Å². The van der Waals surface area contributed by atoms with Crippen LogP contribution < -0.4 is 10.1 Å². The molecule has 30 heavy (non-hydrogen) atoms. The fourth-order valence-electron chi connectivity index (χ4n) is 2.74. The van der Waals surface area contributed by atoms with Crippen LogP contribution >= 0.6 is 11.3 Å². The van der Waals surface area contributed by atoms with Gasteiger partial charge < -0.3 is 14.8 Å². The lowest BCUT2D eigenvalue weighted by molar-refractivity contribution is -0.111. The van der Waals surface area contributed by atoms with Crippen LogP contribution in [0.2, 0.25) is 0 Å². The molecule has 0 aliphatic carbocycles. The molecule has 7 heteroatoms. The van der Waals surface area contributed by atoms with E-state index in [0.29, 0.717) is 27.4 Å². The van der Waals surface area contributed by atoms with Gasteiger partial charge in [-0.2, -0.15) is 0 Å². The molecule has 0 atom stereocenters. The Labute approximate surface area is 177 Å². The van der Waals surface area contributed by atoms with Gasteiger partial charge in [-0.15, -0.1) is 11.3 Å². The third-order valence-electron chi connectivity index (χ3n) is 4.21. The maximum absolute atomic E-state index is 13.0. The number of ether oxygens (including phenoxy) is 2. The summed E-state index contributed by atoms with van der Waals surface area (Å²) in [4.78, 5) is 25.0. The minimum absolute atomic E-state index is 0.217. The Balaban J connectivity index is 1.86. The number of nitrogens with one attached hydrogen (secondary N) is 1. The molecule has 0 bridgehead atoms. The molecule has 0 unspecified atom stereocenters. The summed E-state index contributed by atoms with van der Waals surface area (Å²) in [6.45, 7) is 1.94. The standard InChI is InChI=1S/C23H20FNO4S/c1-3-29-23(27)21-19(16-7-11-18(28-2)12-8-16)14-30-22(21)25-20(26)13-6-15-4-9-17(24)10-5-15/h4-14H,3H2,1-2H3,(H,25,26). The van der Waals surface area contributed by atoms with E-state index >= 15 is 0 Å². The van der Waals surface area contributed by atoms with Crippen LogP contribution in [-0.4, -0.2) is 25.6 Å². The first-order chi connectivity index (χ1) is 14.5. The second-order valence-corrected chi connectivity index (χ2v) is 7.06. The Morgan fingerprint density at radius 1 is 1.10 bits per heavy atom. The minimum atomic E-state index is -0.512. The highest BCUT2D eigenvalue weighted by molar-refractivity contribution is 7.15. The van der Waals surface area contributed by atoms with Crippen molar-refractivity contribution in [2.45, 2.75) is 6.92 Å². The normalized spacial score (nSPS) is 10.8. The topological polar surface area (TPSA) is 64.6 Å². The van der Waals surface area contributed by atoms with E-state index in [2.05, 4.69) is 5.32 Å². The molecule has 2 aromatic carbocycles. The number of hydrogen-bond acceptors (Lipinski definition) is 5. The highest BCUT2D eigenvalue weighted by Gasteiger charge is 2.22. The zero-order valence-corrected chi connectivity index (χ0v) is 17.3. The number of methoxy groups -OCH3 is 1. The fourth-order valence-corrected chi connectivity index (χ4v) is 3.70. The van der Waals surface area contributed by atoms with Crippen LogP contribution in [0.3, 0.4) is 0 Å². The first-order valence-corrected chi connectivity index (χ1v) is 10.1. The molecule has 154 valence electrons. The summed E-state index contributed by atoms with van der Waals surface area (Å²) < 4.78 is 23.4. The maximum Gasteiger partial charge on any atom is 0.341 e. The number of benzene rings is 2. The fraction of sp³-hybridized carbons (Fsp3) is 0.130. The van der Waals surface area contributed by atoms with Crippen molar-refractivity contribution in [3.8, 4) is 16.9 Å². The van der Waals surface area contributed by atoms with E-state index in [-0.39, 0.29) is 12.4 Å². The van der Waals surface area contributed by atoms with Gasteiger partial charge in [0.05, 0.1) is 13.7 Å². The van der Waals surface area contributed by atoms with Crippen LogP contribution in [0.1, 0.15) is 22.8 Å². The van der Waals surface area contributed by atoms with Crippen molar-refractivity contribution in [2.75, 3.05) is 19.0 Å². The maximum atomic E-state index is 13.0. The molecular weight excluding hydrogens is 405 g/mol. The van der Waals surface area contributed by atoms with Crippen LogP contribution in [0.4, 0.5) is 9.39 Å². The summed E-state index contributed by atoms with van der Waals surface area (Å²) in [5.41, 5.74) is 2.45. The van der Waals surface area contributed by atoms with Crippen molar-refractivity contribution < 1.29 is 23.5 Å². The molecule has 0 saturated carbocycles. The van der Waals surface area contributed by atoms with Gasteiger partial charge in [0.2, 0.25) is 5.91 Å². The second kappa shape index (κ2) is 9.84. The van der Waals surface area contributed by atoms with Crippen molar-refractivity contribution in [3.05, 3.63) is 76.9 Å².